The van der Waals surface area contributed by atoms with E-state index in [1.807, 2.05) is 0 Å². The number of benzene rings is 2. The van der Waals surface area contributed by atoms with E-state index in [1.54, 1.807) is 29.6 Å². The average Bonchev–Trinajstić information content (AvgIpc) is 3.14. The second-order valence-electron chi connectivity index (χ2n) is 6.81. The van der Waals surface area contributed by atoms with Crippen molar-refractivity contribution >= 4 is 42.2 Å². The van der Waals surface area contributed by atoms with E-state index in [-0.39, 0.29) is 20.6 Å². The summed E-state index contributed by atoms with van der Waals surface area (Å²) in [6.45, 7) is 4.20. The Morgan fingerprint density at radius 2 is 1.41 bits per heavy atom. The van der Waals surface area contributed by atoms with Gasteiger partial charge in [0, 0.05) is 17.3 Å². The van der Waals surface area contributed by atoms with E-state index >= 15 is 0 Å². The van der Waals surface area contributed by atoms with Gasteiger partial charge in [-0.1, -0.05) is 26.0 Å². The zero-order valence-corrected chi connectivity index (χ0v) is 18.3. The molecule has 0 bridgehead atoms. The van der Waals surface area contributed by atoms with Gasteiger partial charge in [0.2, 0.25) is 0 Å². The molecule has 0 saturated carbocycles. The fourth-order valence-corrected chi connectivity index (χ4v) is 5.49. The number of nitrogens with one attached hydrogen (secondary N) is 2. The molecule has 0 amide bonds. The molecule has 0 spiro atoms. The Hall–Kier alpha value is -2.43. The van der Waals surface area contributed by atoms with Crippen LogP contribution in [0.15, 0.2) is 69.9 Å². The third-order valence-corrected chi connectivity index (χ3v) is 7.52. The van der Waals surface area contributed by atoms with Crippen LogP contribution in [0.1, 0.15) is 19.4 Å². The predicted molar refractivity (Wildman–Crippen MR) is 115 cm³/mol. The monoisotopic (exact) mass is 451 g/mol. The van der Waals surface area contributed by atoms with Gasteiger partial charge in [0.15, 0.2) is 5.13 Å². The summed E-state index contributed by atoms with van der Waals surface area (Å²) in [7, 11) is -7.56. The summed E-state index contributed by atoms with van der Waals surface area (Å²) in [5.41, 5.74) is 1.34. The van der Waals surface area contributed by atoms with Crippen molar-refractivity contribution in [3.63, 3.8) is 0 Å². The second kappa shape index (κ2) is 8.52. The van der Waals surface area contributed by atoms with Crippen LogP contribution in [0.5, 0.6) is 0 Å². The summed E-state index contributed by atoms with van der Waals surface area (Å²) in [6, 6.07) is 12.2. The maximum atomic E-state index is 12.6. The van der Waals surface area contributed by atoms with Crippen LogP contribution in [0.25, 0.3) is 0 Å². The van der Waals surface area contributed by atoms with Gasteiger partial charge in [0.25, 0.3) is 20.0 Å². The van der Waals surface area contributed by atoms with E-state index in [1.165, 1.54) is 30.5 Å². The molecule has 3 rings (SSSR count). The molecular weight excluding hydrogens is 430 g/mol. The van der Waals surface area contributed by atoms with Crippen LogP contribution in [0.3, 0.4) is 0 Å². The number of hydrogen-bond acceptors (Lipinski definition) is 6. The summed E-state index contributed by atoms with van der Waals surface area (Å²) < 4.78 is 54.7. The number of nitrogens with zero attached hydrogens (tertiary/aromatic N) is 1. The maximum absolute atomic E-state index is 12.6. The lowest BCUT2D eigenvalue weighted by Crippen LogP contribution is -2.14. The first-order valence-electron chi connectivity index (χ1n) is 8.80. The van der Waals surface area contributed by atoms with Crippen molar-refractivity contribution in [2.24, 2.45) is 5.92 Å². The standard InChI is InChI=1S/C19H21N3O4S3/c1-14(2)13-15-3-7-17(8-4-15)28(23,24)21-16-5-9-18(10-6-16)29(25,26)22-19-20-11-12-27-19/h3-12,14,21H,13H2,1-2H3,(H,20,22). The summed E-state index contributed by atoms with van der Waals surface area (Å²) in [4.78, 5) is 4.04. The van der Waals surface area contributed by atoms with Crippen molar-refractivity contribution in [3.8, 4) is 0 Å². The highest BCUT2D eigenvalue weighted by molar-refractivity contribution is 7.93. The lowest BCUT2D eigenvalue weighted by atomic mass is 10.0. The molecule has 0 atom stereocenters. The van der Waals surface area contributed by atoms with E-state index in [9.17, 15) is 16.8 Å². The maximum Gasteiger partial charge on any atom is 0.263 e. The SMILES string of the molecule is CC(C)Cc1ccc(S(=O)(=O)Nc2ccc(S(=O)(=O)Nc3nccs3)cc2)cc1. The van der Waals surface area contributed by atoms with Gasteiger partial charge in [-0.3, -0.25) is 9.44 Å². The van der Waals surface area contributed by atoms with Gasteiger partial charge in [0.1, 0.15) is 0 Å². The van der Waals surface area contributed by atoms with E-state index in [4.69, 9.17) is 0 Å². The first-order valence-corrected chi connectivity index (χ1v) is 12.6. The molecule has 154 valence electrons. The van der Waals surface area contributed by atoms with Crippen LogP contribution >= 0.6 is 11.3 Å². The van der Waals surface area contributed by atoms with Crippen LogP contribution in [-0.4, -0.2) is 21.8 Å². The van der Waals surface area contributed by atoms with Crippen LogP contribution in [0.2, 0.25) is 0 Å². The van der Waals surface area contributed by atoms with E-state index in [0.29, 0.717) is 5.92 Å². The van der Waals surface area contributed by atoms with Gasteiger partial charge in [0.05, 0.1) is 9.79 Å². The number of thiazole rings is 1. The quantitative estimate of drug-likeness (QED) is 0.540. The Kier molecular flexibility index (Phi) is 6.25. The Morgan fingerprint density at radius 3 is 1.93 bits per heavy atom. The van der Waals surface area contributed by atoms with Crippen molar-refractivity contribution in [2.75, 3.05) is 9.44 Å². The highest BCUT2D eigenvalue weighted by Crippen LogP contribution is 2.22. The highest BCUT2D eigenvalue weighted by Gasteiger charge is 2.17. The topological polar surface area (TPSA) is 105 Å². The normalized spacial score (nSPS) is 12.1. The zero-order chi connectivity index (χ0) is 21.1. The van der Waals surface area contributed by atoms with Gasteiger partial charge in [-0.2, -0.15) is 0 Å². The molecule has 10 heteroatoms. The molecule has 0 unspecified atom stereocenters. The summed E-state index contributed by atoms with van der Waals surface area (Å²) in [5.74, 6) is 0.482. The molecule has 0 radical (unpaired) electrons. The Balaban J connectivity index is 1.73. The van der Waals surface area contributed by atoms with Gasteiger partial charge >= 0.3 is 0 Å². The van der Waals surface area contributed by atoms with Crippen molar-refractivity contribution in [2.45, 2.75) is 30.1 Å². The molecule has 0 saturated heterocycles. The summed E-state index contributed by atoms with van der Waals surface area (Å²) in [6.07, 6.45) is 2.37. The van der Waals surface area contributed by atoms with Gasteiger partial charge in [-0.25, -0.2) is 21.8 Å². The number of rotatable bonds is 8. The van der Waals surface area contributed by atoms with E-state index < -0.39 is 20.0 Å². The minimum Gasteiger partial charge on any atom is -0.280 e. The molecule has 2 N–H and O–H groups in total. The van der Waals surface area contributed by atoms with Gasteiger partial charge in [-0.15, -0.1) is 11.3 Å². The third kappa shape index (κ3) is 5.55. The van der Waals surface area contributed by atoms with Crippen molar-refractivity contribution < 1.29 is 16.8 Å². The zero-order valence-electron chi connectivity index (χ0n) is 15.9. The fourth-order valence-electron chi connectivity index (χ4n) is 2.64. The third-order valence-electron chi connectivity index (χ3n) is 3.95. The lowest BCUT2D eigenvalue weighted by molar-refractivity contribution is 0.600. The number of sulfonamides is 2. The minimum atomic E-state index is -3.79. The molecule has 1 heterocycles. The van der Waals surface area contributed by atoms with E-state index in [2.05, 4.69) is 28.3 Å². The van der Waals surface area contributed by atoms with Crippen molar-refractivity contribution in [1.82, 2.24) is 4.98 Å². The van der Waals surface area contributed by atoms with Crippen molar-refractivity contribution in [3.05, 3.63) is 65.7 Å². The molecule has 29 heavy (non-hydrogen) atoms. The van der Waals surface area contributed by atoms with E-state index in [0.717, 1.165) is 23.3 Å². The van der Waals surface area contributed by atoms with Gasteiger partial charge < -0.3 is 0 Å². The highest BCUT2D eigenvalue weighted by atomic mass is 32.2. The summed E-state index contributed by atoms with van der Waals surface area (Å²) >= 11 is 1.16. The molecular formula is C19H21N3O4S3. The number of aromatic nitrogens is 1. The molecule has 1 aromatic heterocycles. The predicted octanol–water partition coefficient (Wildman–Crippen LogP) is 3.94. The molecule has 0 fully saturated rings. The molecule has 2 aromatic carbocycles. The smallest absolute Gasteiger partial charge is 0.263 e. The minimum absolute atomic E-state index is 0.00804. The molecule has 0 aliphatic heterocycles. The average molecular weight is 452 g/mol. The van der Waals surface area contributed by atoms with Gasteiger partial charge in [-0.05, 0) is 54.3 Å². The Morgan fingerprint density at radius 1 is 0.862 bits per heavy atom. The Labute approximate surface area is 174 Å². The first kappa shape index (κ1) is 21.3. The largest absolute Gasteiger partial charge is 0.280 e. The molecule has 7 nitrogen and oxygen atoms in total. The van der Waals surface area contributed by atoms with Crippen LogP contribution in [0, 0.1) is 5.92 Å². The molecule has 0 aliphatic rings. The lowest BCUT2D eigenvalue weighted by Gasteiger charge is -2.11. The first-order chi connectivity index (χ1) is 13.7. The van der Waals surface area contributed by atoms with Crippen LogP contribution in [0.4, 0.5) is 10.8 Å². The number of hydrogen-bond donors (Lipinski definition) is 2. The Bertz CT molecular complexity index is 1150. The number of anilines is 2. The van der Waals surface area contributed by atoms with Crippen LogP contribution < -0.4 is 9.44 Å². The fraction of sp³-hybridized carbons (Fsp3) is 0.211. The molecule has 0 aliphatic carbocycles. The second-order valence-corrected chi connectivity index (χ2v) is 11.1. The molecule has 3 aromatic rings. The van der Waals surface area contributed by atoms with Crippen molar-refractivity contribution in [1.29, 1.82) is 0 Å². The summed E-state index contributed by atoms with van der Waals surface area (Å²) in [5, 5.41) is 1.92. The van der Waals surface area contributed by atoms with Crippen LogP contribution in [-0.2, 0) is 26.5 Å².